The summed E-state index contributed by atoms with van der Waals surface area (Å²) in [6, 6.07) is 6.15. The second kappa shape index (κ2) is 3.25. The molecule has 0 spiro atoms. The average Bonchev–Trinajstić information content (AvgIpc) is 1.99. The second-order valence-electron chi connectivity index (χ2n) is 3.74. The van der Waals surface area contributed by atoms with Crippen LogP contribution in [0.3, 0.4) is 0 Å². The third-order valence-corrected chi connectivity index (χ3v) is 2.61. The lowest BCUT2D eigenvalue weighted by Gasteiger charge is -2.07. The van der Waals surface area contributed by atoms with E-state index >= 15 is 0 Å². The number of hydrogen-bond acceptors (Lipinski definition) is 1. The van der Waals surface area contributed by atoms with Crippen LogP contribution < -0.4 is 0 Å². The van der Waals surface area contributed by atoms with Gasteiger partial charge in [-0.25, -0.2) is 4.98 Å². The molecule has 0 aliphatic heterocycles. The van der Waals surface area contributed by atoms with E-state index < -0.39 is 0 Å². The van der Waals surface area contributed by atoms with Crippen LogP contribution in [0.1, 0.15) is 16.7 Å². The Hall–Kier alpha value is -1.08. The molecule has 0 aliphatic carbocycles. The van der Waals surface area contributed by atoms with Gasteiger partial charge in [-0.1, -0.05) is 17.7 Å². The number of halogens is 1. The zero-order valence-electron chi connectivity index (χ0n) is 8.56. The highest BCUT2D eigenvalue weighted by atomic mass is 35.5. The van der Waals surface area contributed by atoms with Crippen molar-refractivity contribution in [3.05, 3.63) is 40.0 Å². The van der Waals surface area contributed by atoms with Crippen molar-refractivity contribution >= 4 is 22.5 Å². The van der Waals surface area contributed by atoms with E-state index in [4.69, 9.17) is 11.6 Å². The lowest BCUT2D eigenvalue weighted by molar-refractivity contribution is 1.32. The molecule has 0 aliphatic rings. The van der Waals surface area contributed by atoms with Crippen LogP contribution in [0, 0.1) is 20.8 Å². The molecule has 1 nitrogen and oxygen atoms in total. The quantitative estimate of drug-likeness (QED) is 0.596. The molecule has 14 heavy (non-hydrogen) atoms. The van der Waals surface area contributed by atoms with Gasteiger partial charge in [0.2, 0.25) is 0 Å². The molecule has 0 saturated heterocycles. The summed E-state index contributed by atoms with van der Waals surface area (Å²) < 4.78 is 0. The van der Waals surface area contributed by atoms with Crippen LogP contribution in [0.25, 0.3) is 10.9 Å². The fraction of sp³-hybridized carbons (Fsp3) is 0.250. The summed E-state index contributed by atoms with van der Waals surface area (Å²) in [5.41, 5.74) is 4.68. The molecule has 1 aromatic heterocycles. The van der Waals surface area contributed by atoms with Gasteiger partial charge in [-0.2, -0.15) is 0 Å². The molecule has 72 valence electrons. The minimum Gasteiger partial charge on any atom is -0.236 e. The van der Waals surface area contributed by atoms with Crippen molar-refractivity contribution in [2.75, 3.05) is 0 Å². The molecular formula is C12H12ClN. The molecule has 0 atom stereocenters. The van der Waals surface area contributed by atoms with Crippen LogP contribution in [-0.4, -0.2) is 4.98 Å². The fourth-order valence-electron chi connectivity index (χ4n) is 1.94. The largest absolute Gasteiger partial charge is 0.236 e. The molecule has 0 radical (unpaired) electrons. The van der Waals surface area contributed by atoms with Gasteiger partial charge < -0.3 is 0 Å². The molecule has 1 aromatic carbocycles. The molecule has 2 rings (SSSR count). The zero-order valence-corrected chi connectivity index (χ0v) is 9.31. The van der Waals surface area contributed by atoms with Crippen molar-refractivity contribution in [3.63, 3.8) is 0 Å². The Morgan fingerprint density at radius 1 is 1.00 bits per heavy atom. The summed E-state index contributed by atoms with van der Waals surface area (Å²) >= 11 is 5.92. The zero-order chi connectivity index (χ0) is 10.3. The van der Waals surface area contributed by atoms with Crippen molar-refractivity contribution < 1.29 is 0 Å². The Kier molecular flexibility index (Phi) is 2.20. The molecule has 1 heterocycles. The number of benzene rings is 1. The van der Waals surface area contributed by atoms with Gasteiger partial charge in [-0.05, 0) is 49.6 Å². The maximum Gasteiger partial charge on any atom is 0.130 e. The summed E-state index contributed by atoms with van der Waals surface area (Å²) in [4.78, 5) is 4.32. The molecule has 2 aromatic rings. The number of hydrogen-bond donors (Lipinski definition) is 0. The van der Waals surface area contributed by atoms with Gasteiger partial charge in [0, 0.05) is 5.39 Å². The summed E-state index contributed by atoms with van der Waals surface area (Å²) in [5, 5.41) is 1.79. The maximum atomic E-state index is 5.92. The highest BCUT2D eigenvalue weighted by Crippen LogP contribution is 2.24. The number of pyridine rings is 1. The summed E-state index contributed by atoms with van der Waals surface area (Å²) in [5.74, 6) is 0. The lowest BCUT2D eigenvalue weighted by atomic mass is 10.0. The third-order valence-electron chi connectivity index (χ3n) is 2.42. The van der Waals surface area contributed by atoms with Crippen LogP contribution in [-0.2, 0) is 0 Å². The number of rotatable bonds is 0. The first-order valence-corrected chi connectivity index (χ1v) is 5.00. The van der Waals surface area contributed by atoms with Gasteiger partial charge in [0.25, 0.3) is 0 Å². The topological polar surface area (TPSA) is 12.9 Å². The highest BCUT2D eigenvalue weighted by Gasteiger charge is 2.04. The van der Waals surface area contributed by atoms with Gasteiger partial charge in [0.05, 0.1) is 5.52 Å². The van der Waals surface area contributed by atoms with Crippen molar-refractivity contribution in [3.8, 4) is 0 Å². The summed E-state index contributed by atoms with van der Waals surface area (Å²) in [6.07, 6.45) is 0. The van der Waals surface area contributed by atoms with E-state index in [1.165, 1.54) is 22.1 Å². The molecule has 2 heteroatoms. The van der Waals surface area contributed by atoms with Gasteiger partial charge >= 0.3 is 0 Å². The SMILES string of the molecule is Cc1cc(C)c2c(C)cc(Cl)nc2c1. The Labute approximate surface area is 88.7 Å². The van der Waals surface area contributed by atoms with E-state index in [0.29, 0.717) is 5.15 Å². The van der Waals surface area contributed by atoms with E-state index in [1.807, 2.05) is 6.07 Å². The number of fused-ring (bicyclic) bond motifs is 1. The Morgan fingerprint density at radius 2 is 1.64 bits per heavy atom. The van der Waals surface area contributed by atoms with Gasteiger partial charge in [0.15, 0.2) is 0 Å². The summed E-state index contributed by atoms with van der Waals surface area (Å²) in [7, 11) is 0. The Morgan fingerprint density at radius 3 is 2.36 bits per heavy atom. The van der Waals surface area contributed by atoms with Crippen LogP contribution in [0.15, 0.2) is 18.2 Å². The standard InChI is InChI=1S/C12H12ClN/c1-7-4-8(2)12-9(3)6-11(13)14-10(12)5-7/h4-6H,1-3H3. The van der Waals surface area contributed by atoms with Crippen LogP contribution in [0.4, 0.5) is 0 Å². The van der Waals surface area contributed by atoms with E-state index in [2.05, 4.69) is 37.9 Å². The maximum absolute atomic E-state index is 5.92. The van der Waals surface area contributed by atoms with Crippen LogP contribution in [0.5, 0.6) is 0 Å². The summed E-state index contributed by atoms with van der Waals surface area (Å²) in [6.45, 7) is 6.25. The van der Waals surface area contributed by atoms with Crippen LogP contribution >= 0.6 is 11.6 Å². The van der Waals surface area contributed by atoms with Crippen LogP contribution in [0.2, 0.25) is 5.15 Å². The third kappa shape index (κ3) is 1.48. The molecule has 0 unspecified atom stereocenters. The second-order valence-corrected chi connectivity index (χ2v) is 4.13. The molecule has 0 fully saturated rings. The minimum absolute atomic E-state index is 0.569. The normalized spacial score (nSPS) is 10.9. The number of nitrogens with zero attached hydrogens (tertiary/aromatic N) is 1. The van der Waals surface area contributed by atoms with E-state index in [9.17, 15) is 0 Å². The van der Waals surface area contributed by atoms with Gasteiger partial charge in [0.1, 0.15) is 5.15 Å². The molecule has 0 bridgehead atoms. The predicted octanol–water partition coefficient (Wildman–Crippen LogP) is 3.81. The van der Waals surface area contributed by atoms with Gasteiger partial charge in [-0.3, -0.25) is 0 Å². The predicted molar refractivity (Wildman–Crippen MR) is 61.0 cm³/mol. The number of aromatic nitrogens is 1. The van der Waals surface area contributed by atoms with Crippen molar-refractivity contribution in [1.82, 2.24) is 4.98 Å². The van der Waals surface area contributed by atoms with Crippen molar-refractivity contribution in [2.24, 2.45) is 0 Å². The Balaban J connectivity index is 2.94. The first-order valence-electron chi connectivity index (χ1n) is 4.62. The lowest BCUT2D eigenvalue weighted by Crippen LogP contribution is -1.89. The first kappa shape index (κ1) is 9.47. The van der Waals surface area contributed by atoms with Crippen molar-refractivity contribution in [2.45, 2.75) is 20.8 Å². The minimum atomic E-state index is 0.569. The molecular weight excluding hydrogens is 194 g/mol. The first-order chi connectivity index (χ1) is 6.58. The smallest absolute Gasteiger partial charge is 0.130 e. The number of aryl methyl sites for hydroxylation is 3. The monoisotopic (exact) mass is 205 g/mol. The van der Waals surface area contributed by atoms with Gasteiger partial charge in [-0.15, -0.1) is 0 Å². The molecule has 0 saturated carbocycles. The molecule has 0 amide bonds. The van der Waals surface area contributed by atoms with Crippen molar-refractivity contribution in [1.29, 1.82) is 0 Å². The molecule has 0 N–H and O–H groups in total. The highest BCUT2D eigenvalue weighted by molar-refractivity contribution is 6.30. The van der Waals surface area contributed by atoms with E-state index in [-0.39, 0.29) is 0 Å². The average molecular weight is 206 g/mol. The van der Waals surface area contributed by atoms with E-state index in [0.717, 1.165) is 5.52 Å². The Bertz CT molecular complexity index is 460. The van der Waals surface area contributed by atoms with E-state index in [1.54, 1.807) is 0 Å². The fourth-order valence-corrected chi connectivity index (χ4v) is 2.20.